The molecule has 2 saturated carbocycles. The molecule has 0 spiro atoms. The van der Waals surface area contributed by atoms with Gasteiger partial charge in [-0.2, -0.15) is 0 Å². The summed E-state index contributed by atoms with van der Waals surface area (Å²) in [6.07, 6.45) is 6.20. The van der Waals surface area contributed by atoms with Crippen molar-refractivity contribution in [3.63, 3.8) is 0 Å². The van der Waals surface area contributed by atoms with Crippen LogP contribution in [0, 0.1) is 17.8 Å². The molecule has 1 amide bonds. The molecule has 2 aliphatic rings. The van der Waals surface area contributed by atoms with Crippen LogP contribution in [0.1, 0.15) is 29.7 Å². The molecule has 3 rings (SSSR count). The van der Waals surface area contributed by atoms with Crippen LogP contribution >= 0.6 is 11.3 Å². The zero-order valence-corrected chi connectivity index (χ0v) is 12.8. The van der Waals surface area contributed by atoms with Gasteiger partial charge >= 0.3 is 5.97 Å². The van der Waals surface area contributed by atoms with Crippen LogP contribution in [0.15, 0.2) is 17.5 Å². The van der Waals surface area contributed by atoms with E-state index < -0.39 is 5.97 Å². The average Bonchev–Trinajstić information content (AvgIpc) is 2.88. The molecular weight excluding hydrogens is 286 g/mol. The SMILES string of the molecule is CN(Cc1csc(/C=C/C(=O)O)c1)C(=O)C1CC2CC2C1. The summed E-state index contributed by atoms with van der Waals surface area (Å²) in [4.78, 5) is 25.6. The van der Waals surface area contributed by atoms with Crippen LogP contribution in [-0.4, -0.2) is 28.9 Å². The molecule has 112 valence electrons. The molecule has 21 heavy (non-hydrogen) atoms. The number of aliphatic carboxylic acids is 1. The van der Waals surface area contributed by atoms with Gasteiger partial charge in [0.25, 0.3) is 0 Å². The summed E-state index contributed by atoms with van der Waals surface area (Å²) in [7, 11) is 1.86. The first-order valence-corrected chi connectivity index (χ1v) is 8.14. The molecule has 0 aliphatic heterocycles. The maximum absolute atomic E-state index is 12.4. The lowest BCUT2D eigenvalue weighted by Crippen LogP contribution is -2.31. The summed E-state index contributed by atoms with van der Waals surface area (Å²) in [6.45, 7) is 0.599. The molecule has 2 fully saturated rings. The molecule has 2 unspecified atom stereocenters. The van der Waals surface area contributed by atoms with Gasteiger partial charge in [-0.15, -0.1) is 11.3 Å². The van der Waals surface area contributed by atoms with Gasteiger partial charge in [-0.25, -0.2) is 4.79 Å². The third-order valence-electron chi connectivity index (χ3n) is 4.45. The highest BCUT2D eigenvalue weighted by Gasteiger charge is 2.48. The van der Waals surface area contributed by atoms with Crippen molar-refractivity contribution in [1.82, 2.24) is 4.90 Å². The van der Waals surface area contributed by atoms with E-state index >= 15 is 0 Å². The molecule has 1 aromatic rings. The van der Waals surface area contributed by atoms with E-state index in [4.69, 9.17) is 5.11 Å². The van der Waals surface area contributed by atoms with Crippen molar-refractivity contribution in [3.05, 3.63) is 28.0 Å². The first-order chi connectivity index (χ1) is 10.0. The Morgan fingerprint density at radius 1 is 1.38 bits per heavy atom. The highest BCUT2D eigenvalue weighted by Crippen LogP contribution is 2.54. The molecule has 0 saturated heterocycles. The van der Waals surface area contributed by atoms with E-state index in [1.54, 1.807) is 6.08 Å². The Morgan fingerprint density at radius 2 is 2.10 bits per heavy atom. The normalized spacial score (nSPS) is 26.8. The lowest BCUT2D eigenvalue weighted by Gasteiger charge is -2.21. The zero-order chi connectivity index (χ0) is 15.0. The number of carboxylic acid groups (broad SMARTS) is 1. The van der Waals surface area contributed by atoms with Crippen LogP contribution < -0.4 is 0 Å². The van der Waals surface area contributed by atoms with Gasteiger partial charge in [0.15, 0.2) is 0 Å². The first-order valence-electron chi connectivity index (χ1n) is 7.26. The van der Waals surface area contributed by atoms with E-state index in [-0.39, 0.29) is 11.8 Å². The Kier molecular flexibility index (Phi) is 3.85. The highest BCUT2D eigenvalue weighted by molar-refractivity contribution is 7.11. The summed E-state index contributed by atoms with van der Waals surface area (Å²) >= 11 is 1.50. The Labute approximate surface area is 128 Å². The number of rotatable bonds is 5. The average molecular weight is 305 g/mol. The Bertz CT molecular complexity index is 582. The van der Waals surface area contributed by atoms with Gasteiger partial charge in [0.2, 0.25) is 5.91 Å². The molecule has 4 nitrogen and oxygen atoms in total. The molecule has 2 atom stereocenters. The molecule has 2 aliphatic carbocycles. The molecule has 0 aromatic carbocycles. The third kappa shape index (κ3) is 3.35. The maximum Gasteiger partial charge on any atom is 0.328 e. The van der Waals surface area contributed by atoms with Crippen LogP contribution in [0.2, 0.25) is 0 Å². The summed E-state index contributed by atoms with van der Waals surface area (Å²) < 4.78 is 0. The quantitative estimate of drug-likeness (QED) is 0.851. The second kappa shape index (κ2) is 5.64. The minimum atomic E-state index is -0.947. The van der Waals surface area contributed by atoms with E-state index in [1.165, 1.54) is 17.8 Å². The zero-order valence-electron chi connectivity index (χ0n) is 12.0. The number of hydrogen-bond acceptors (Lipinski definition) is 3. The lowest BCUT2D eigenvalue weighted by molar-refractivity contribution is -0.135. The number of thiophene rings is 1. The van der Waals surface area contributed by atoms with Crippen molar-refractivity contribution in [1.29, 1.82) is 0 Å². The van der Waals surface area contributed by atoms with Crippen LogP contribution in [0.4, 0.5) is 0 Å². The van der Waals surface area contributed by atoms with E-state index in [9.17, 15) is 9.59 Å². The number of nitrogens with zero attached hydrogens (tertiary/aromatic N) is 1. The molecule has 0 bridgehead atoms. The molecule has 1 N–H and O–H groups in total. The maximum atomic E-state index is 12.4. The van der Waals surface area contributed by atoms with Gasteiger partial charge in [-0.1, -0.05) is 0 Å². The summed E-state index contributed by atoms with van der Waals surface area (Å²) in [5, 5.41) is 10.6. The van der Waals surface area contributed by atoms with Crippen molar-refractivity contribution in [2.24, 2.45) is 17.8 Å². The topological polar surface area (TPSA) is 57.6 Å². The van der Waals surface area contributed by atoms with Crippen LogP contribution in [0.25, 0.3) is 6.08 Å². The smallest absolute Gasteiger partial charge is 0.328 e. The van der Waals surface area contributed by atoms with Crippen molar-refractivity contribution in [3.8, 4) is 0 Å². The van der Waals surface area contributed by atoms with Crippen molar-refractivity contribution in [2.75, 3.05) is 7.05 Å². The van der Waals surface area contributed by atoms with E-state index in [1.807, 2.05) is 23.4 Å². The summed E-state index contributed by atoms with van der Waals surface area (Å²) in [6, 6.07) is 1.94. The fourth-order valence-electron chi connectivity index (χ4n) is 3.30. The number of carbonyl (C=O) groups is 2. The molecule has 0 radical (unpaired) electrons. The summed E-state index contributed by atoms with van der Waals surface area (Å²) in [5.74, 6) is 1.18. The standard InChI is InChI=1S/C16H19NO3S/c1-17(16(20)13-6-11-5-12(11)7-13)8-10-4-14(21-9-10)2-3-15(18)19/h2-4,9,11-13H,5-8H2,1H3,(H,18,19)/b3-2+. The lowest BCUT2D eigenvalue weighted by atomic mass is 10.0. The third-order valence-corrected chi connectivity index (χ3v) is 5.40. The number of hydrogen-bond donors (Lipinski definition) is 1. The molecule has 1 aromatic heterocycles. The number of carboxylic acids is 1. The Hall–Kier alpha value is -1.62. The molecule has 5 heteroatoms. The van der Waals surface area contributed by atoms with Gasteiger partial charge in [-0.05, 0) is 54.2 Å². The van der Waals surface area contributed by atoms with E-state index in [2.05, 4.69) is 0 Å². The minimum absolute atomic E-state index is 0.226. The highest BCUT2D eigenvalue weighted by atomic mass is 32.1. The van der Waals surface area contributed by atoms with Crippen LogP contribution in [0.3, 0.4) is 0 Å². The van der Waals surface area contributed by atoms with Gasteiger partial charge in [0.1, 0.15) is 0 Å². The van der Waals surface area contributed by atoms with E-state index in [0.717, 1.165) is 41.2 Å². The molecular formula is C16H19NO3S. The fraction of sp³-hybridized carbons (Fsp3) is 0.500. The van der Waals surface area contributed by atoms with Crippen LogP contribution in [0.5, 0.6) is 0 Å². The van der Waals surface area contributed by atoms with Gasteiger partial charge in [0, 0.05) is 30.5 Å². The van der Waals surface area contributed by atoms with Gasteiger partial charge < -0.3 is 10.0 Å². The Balaban J connectivity index is 1.55. The fourth-order valence-corrected chi connectivity index (χ4v) is 4.09. The van der Waals surface area contributed by atoms with Crippen molar-refractivity contribution < 1.29 is 14.7 Å². The second-order valence-electron chi connectivity index (χ2n) is 6.15. The van der Waals surface area contributed by atoms with Crippen molar-refractivity contribution >= 4 is 29.3 Å². The van der Waals surface area contributed by atoms with Gasteiger partial charge in [0.05, 0.1) is 0 Å². The number of fused-ring (bicyclic) bond motifs is 1. The van der Waals surface area contributed by atoms with Crippen molar-refractivity contribution in [2.45, 2.75) is 25.8 Å². The summed E-state index contributed by atoms with van der Waals surface area (Å²) in [5.41, 5.74) is 1.06. The molecule has 1 heterocycles. The predicted molar refractivity (Wildman–Crippen MR) is 81.8 cm³/mol. The first kappa shape index (κ1) is 14.3. The van der Waals surface area contributed by atoms with Gasteiger partial charge in [-0.3, -0.25) is 4.79 Å². The number of amides is 1. The predicted octanol–water partition coefficient (Wildman–Crippen LogP) is 2.85. The monoisotopic (exact) mass is 305 g/mol. The van der Waals surface area contributed by atoms with E-state index in [0.29, 0.717) is 6.54 Å². The number of carbonyl (C=O) groups excluding carboxylic acids is 1. The Morgan fingerprint density at radius 3 is 2.76 bits per heavy atom. The largest absolute Gasteiger partial charge is 0.478 e. The second-order valence-corrected chi connectivity index (χ2v) is 7.09. The van der Waals surface area contributed by atoms with Crippen LogP contribution in [-0.2, 0) is 16.1 Å². The minimum Gasteiger partial charge on any atom is -0.478 e.